The molecule has 0 saturated carbocycles. The summed E-state index contributed by atoms with van der Waals surface area (Å²) in [5.41, 5.74) is 1.40. The van der Waals surface area contributed by atoms with Crippen molar-refractivity contribution in [2.24, 2.45) is 0 Å². The number of amides is 1. The zero-order chi connectivity index (χ0) is 16.8. The molecular weight excluding hydrogens is 290 g/mol. The fourth-order valence-corrected chi connectivity index (χ4v) is 2.45. The first-order chi connectivity index (χ1) is 11.1. The average molecular weight is 311 g/mol. The maximum Gasteiger partial charge on any atom is 0.254 e. The van der Waals surface area contributed by atoms with Gasteiger partial charge in [0.2, 0.25) is 0 Å². The Morgan fingerprint density at radius 3 is 2.00 bits per heavy atom. The highest BCUT2D eigenvalue weighted by molar-refractivity contribution is 6.15. The highest BCUT2D eigenvalue weighted by atomic mass is 16.5. The number of methoxy groups -OCH3 is 1. The molecule has 4 nitrogen and oxygen atoms in total. The molecule has 0 aliphatic rings. The minimum absolute atomic E-state index is 0.118. The molecule has 0 aliphatic heterocycles. The van der Waals surface area contributed by atoms with Crippen molar-refractivity contribution in [2.45, 2.75) is 13.8 Å². The standard InChI is InChI=1S/C19H21NO3/c1-4-20(5-2)19(22)17-9-7-6-8-16(17)18(21)14-10-12-15(23-3)13-11-14/h6-13H,4-5H2,1-3H3. The monoisotopic (exact) mass is 311 g/mol. The summed E-state index contributed by atoms with van der Waals surface area (Å²) in [7, 11) is 1.58. The molecule has 0 fully saturated rings. The van der Waals surface area contributed by atoms with Crippen LogP contribution in [0.25, 0.3) is 0 Å². The van der Waals surface area contributed by atoms with E-state index in [1.165, 1.54) is 0 Å². The molecular formula is C19H21NO3. The van der Waals surface area contributed by atoms with E-state index in [1.807, 2.05) is 13.8 Å². The zero-order valence-electron chi connectivity index (χ0n) is 13.7. The minimum atomic E-state index is -0.163. The lowest BCUT2D eigenvalue weighted by Gasteiger charge is -2.20. The summed E-state index contributed by atoms with van der Waals surface area (Å²) in [6.07, 6.45) is 0. The number of rotatable bonds is 6. The van der Waals surface area contributed by atoms with E-state index in [4.69, 9.17) is 4.74 Å². The predicted molar refractivity (Wildman–Crippen MR) is 90.1 cm³/mol. The molecule has 0 saturated heterocycles. The van der Waals surface area contributed by atoms with Gasteiger partial charge in [0, 0.05) is 24.2 Å². The molecule has 0 spiro atoms. The maximum absolute atomic E-state index is 12.8. The summed E-state index contributed by atoms with van der Waals surface area (Å²) < 4.78 is 5.11. The molecule has 2 aromatic carbocycles. The number of ether oxygens (including phenoxy) is 1. The fourth-order valence-electron chi connectivity index (χ4n) is 2.45. The Balaban J connectivity index is 2.39. The van der Waals surface area contributed by atoms with Crippen molar-refractivity contribution in [3.63, 3.8) is 0 Å². The van der Waals surface area contributed by atoms with E-state index >= 15 is 0 Å². The summed E-state index contributed by atoms with van der Waals surface area (Å²) in [5, 5.41) is 0. The van der Waals surface area contributed by atoms with Crippen molar-refractivity contribution in [1.82, 2.24) is 4.90 Å². The smallest absolute Gasteiger partial charge is 0.254 e. The van der Waals surface area contributed by atoms with Gasteiger partial charge in [-0.1, -0.05) is 18.2 Å². The number of carbonyl (C=O) groups is 2. The number of ketones is 1. The Morgan fingerprint density at radius 1 is 0.913 bits per heavy atom. The van der Waals surface area contributed by atoms with Crippen LogP contribution in [-0.2, 0) is 0 Å². The van der Waals surface area contributed by atoms with Gasteiger partial charge in [-0.25, -0.2) is 0 Å². The number of carbonyl (C=O) groups excluding carboxylic acids is 2. The van der Waals surface area contributed by atoms with Gasteiger partial charge in [0.25, 0.3) is 5.91 Å². The van der Waals surface area contributed by atoms with Crippen LogP contribution in [0.3, 0.4) is 0 Å². The molecule has 120 valence electrons. The van der Waals surface area contributed by atoms with Crippen molar-refractivity contribution in [3.8, 4) is 5.75 Å². The predicted octanol–water partition coefficient (Wildman–Crippen LogP) is 3.41. The van der Waals surface area contributed by atoms with Crippen LogP contribution in [-0.4, -0.2) is 36.8 Å². The van der Waals surface area contributed by atoms with Crippen LogP contribution in [0.15, 0.2) is 48.5 Å². The van der Waals surface area contributed by atoms with Crippen molar-refractivity contribution in [2.75, 3.05) is 20.2 Å². The Labute approximate surface area is 136 Å². The highest BCUT2D eigenvalue weighted by Crippen LogP contribution is 2.19. The van der Waals surface area contributed by atoms with Gasteiger partial charge in [-0.3, -0.25) is 9.59 Å². The van der Waals surface area contributed by atoms with E-state index in [0.29, 0.717) is 35.5 Å². The van der Waals surface area contributed by atoms with Gasteiger partial charge in [0.1, 0.15) is 5.75 Å². The van der Waals surface area contributed by atoms with Gasteiger partial charge in [-0.15, -0.1) is 0 Å². The minimum Gasteiger partial charge on any atom is -0.497 e. The molecule has 0 N–H and O–H groups in total. The van der Waals surface area contributed by atoms with E-state index in [2.05, 4.69) is 0 Å². The normalized spacial score (nSPS) is 10.2. The lowest BCUT2D eigenvalue weighted by Crippen LogP contribution is -2.31. The van der Waals surface area contributed by atoms with Gasteiger partial charge in [0.15, 0.2) is 5.78 Å². The van der Waals surface area contributed by atoms with E-state index in [9.17, 15) is 9.59 Å². The summed E-state index contributed by atoms with van der Waals surface area (Å²) >= 11 is 0. The molecule has 0 heterocycles. The Bertz CT molecular complexity index is 688. The molecule has 0 unspecified atom stereocenters. The number of nitrogens with zero attached hydrogens (tertiary/aromatic N) is 1. The van der Waals surface area contributed by atoms with Crippen LogP contribution in [0.1, 0.15) is 40.1 Å². The molecule has 0 bridgehead atoms. The second kappa shape index (κ2) is 7.58. The van der Waals surface area contributed by atoms with Crippen molar-refractivity contribution in [3.05, 3.63) is 65.2 Å². The largest absolute Gasteiger partial charge is 0.497 e. The third-order valence-corrected chi connectivity index (χ3v) is 3.80. The Kier molecular flexibility index (Phi) is 5.52. The van der Waals surface area contributed by atoms with Gasteiger partial charge in [-0.05, 0) is 44.2 Å². The van der Waals surface area contributed by atoms with Crippen molar-refractivity contribution in [1.29, 1.82) is 0 Å². The van der Waals surface area contributed by atoms with E-state index < -0.39 is 0 Å². The zero-order valence-corrected chi connectivity index (χ0v) is 13.7. The summed E-state index contributed by atoms with van der Waals surface area (Å²) in [6, 6.07) is 13.8. The van der Waals surface area contributed by atoms with Crippen LogP contribution in [0.5, 0.6) is 5.75 Å². The fraction of sp³-hybridized carbons (Fsp3) is 0.263. The number of hydrogen-bond donors (Lipinski definition) is 0. The quantitative estimate of drug-likeness (QED) is 0.768. The molecule has 0 aliphatic carbocycles. The molecule has 23 heavy (non-hydrogen) atoms. The van der Waals surface area contributed by atoms with Crippen LogP contribution in [0.4, 0.5) is 0 Å². The van der Waals surface area contributed by atoms with Crippen LogP contribution < -0.4 is 4.74 Å². The molecule has 1 amide bonds. The average Bonchev–Trinajstić information content (AvgIpc) is 2.62. The molecule has 2 rings (SSSR count). The second-order valence-corrected chi connectivity index (χ2v) is 5.08. The SMILES string of the molecule is CCN(CC)C(=O)c1ccccc1C(=O)c1ccc(OC)cc1. The molecule has 2 aromatic rings. The van der Waals surface area contributed by atoms with E-state index in [0.717, 1.165) is 0 Å². The Hall–Kier alpha value is -2.62. The van der Waals surface area contributed by atoms with Gasteiger partial charge < -0.3 is 9.64 Å². The third kappa shape index (κ3) is 3.59. The molecule has 0 atom stereocenters. The second-order valence-electron chi connectivity index (χ2n) is 5.08. The van der Waals surface area contributed by atoms with Crippen molar-refractivity contribution < 1.29 is 14.3 Å². The first kappa shape index (κ1) is 16.7. The van der Waals surface area contributed by atoms with Crippen LogP contribution in [0, 0.1) is 0 Å². The van der Waals surface area contributed by atoms with Crippen LogP contribution >= 0.6 is 0 Å². The van der Waals surface area contributed by atoms with Gasteiger partial charge in [0.05, 0.1) is 12.7 Å². The third-order valence-electron chi connectivity index (χ3n) is 3.80. The molecule has 0 radical (unpaired) electrons. The lowest BCUT2D eigenvalue weighted by molar-refractivity contribution is 0.0768. The highest BCUT2D eigenvalue weighted by Gasteiger charge is 2.20. The summed E-state index contributed by atoms with van der Waals surface area (Å²) in [4.78, 5) is 27.1. The lowest BCUT2D eigenvalue weighted by atomic mass is 9.97. The van der Waals surface area contributed by atoms with Gasteiger partial charge >= 0.3 is 0 Å². The first-order valence-corrected chi connectivity index (χ1v) is 7.69. The molecule has 0 aromatic heterocycles. The summed E-state index contributed by atoms with van der Waals surface area (Å²) in [6.45, 7) is 5.07. The van der Waals surface area contributed by atoms with Gasteiger partial charge in [-0.2, -0.15) is 0 Å². The number of benzene rings is 2. The van der Waals surface area contributed by atoms with Crippen LogP contribution in [0.2, 0.25) is 0 Å². The van der Waals surface area contributed by atoms with Crippen molar-refractivity contribution >= 4 is 11.7 Å². The molecule has 4 heteroatoms. The van der Waals surface area contributed by atoms with E-state index in [1.54, 1.807) is 60.5 Å². The maximum atomic E-state index is 12.8. The summed E-state index contributed by atoms with van der Waals surface area (Å²) in [5.74, 6) is 0.408. The number of hydrogen-bond acceptors (Lipinski definition) is 3. The topological polar surface area (TPSA) is 46.6 Å². The Morgan fingerprint density at radius 2 is 1.48 bits per heavy atom. The van der Waals surface area contributed by atoms with E-state index in [-0.39, 0.29) is 11.7 Å². The first-order valence-electron chi connectivity index (χ1n) is 7.69.